The average molecular weight is 705 g/mol. The monoisotopic (exact) mass is 704 g/mol. The second-order valence-corrected chi connectivity index (χ2v) is 17.2. The minimum Gasteiger partial charge on any atom is -0.493 e. The van der Waals surface area contributed by atoms with Gasteiger partial charge in [0.05, 0.1) is 51.0 Å². The van der Waals surface area contributed by atoms with Crippen LogP contribution in [0.2, 0.25) is 0 Å². The highest BCUT2D eigenvalue weighted by Gasteiger charge is 2.36. The number of benzene rings is 2. The van der Waals surface area contributed by atoms with Gasteiger partial charge in [0.15, 0.2) is 23.0 Å². The van der Waals surface area contributed by atoms with Gasteiger partial charge in [-0.25, -0.2) is 0 Å². The van der Waals surface area contributed by atoms with Gasteiger partial charge in [0.1, 0.15) is 7.14 Å². The molecule has 2 aromatic rings. The lowest BCUT2D eigenvalue weighted by Gasteiger charge is -2.25. The molecule has 50 heavy (non-hydrogen) atoms. The van der Waals surface area contributed by atoms with E-state index in [1.165, 1.54) is 7.11 Å². The lowest BCUT2D eigenvalue weighted by atomic mass is 10.00. The van der Waals surface area contributed by atoms with Crippen LogP contribution in [0.4, 0.5) is 5.69 Å². The van der Waals surface area contributed by atoms with Crippen molar-refractivity contribution in [2.24, 2.45) is 4.99 Å². The van der Waals surface area contributed by atoms with Gasteiger partial charge in [-0.2, -0.15) is 0 Å². The molecule has 6 rings (SSSR count). The zero-order chi connectivity index (χ0) is 35.6. The number of rotatable bonds is 14. The van der Waals surface area contributed by atoms with E-state index in [2.05, 4.69) is 30.0 Å². The van der Waals surface area contributed by atoms with Gasteiger partial charge >= 0.3 is 0 Å². The van der Waals surface area contributed by atoms with Crippen LogP contribution in [0.15, 0.2) is 53.6 Å². The van der Waals surface area contributed by atoms with E-state index in [9.17, 15) is 14.2 Å². The van der Waals surface area contributed by atoms with Crippen molar-refractivity contribution in [3.05, 3.63) is 65.3 Å². The van der Waals surface area contributed by atoms with Crippen molar-refractivity contribution in [2.45, 2.75) is 51.1 Å². The van der Waals surface area contributed by atoms with Crippen molar-refractivity contribution in [1.29, 1.82) is 0 Å². The Bertz CT molecular complexity index is 1760. The number of aliphatic imine (C=N–C) groups is 1. The van der Waals surface area contributed by atoms with E-state index in [0.717, 1.165) is 48.9 Å². The summed E-state index contributed by atoms with van der Waals surface area (Å²) in [5.74, 6) is 1.79. The molecule has 1 unspecified atom stereocenters. The van der Waals surface area contributed by atoms with Gasteiger partial charge in [-0.05, 0) is 69.5 Å². The molecule has 4 heterocycles. The zero-order valence-corrected chi connectivity index (χ0v) is 30.6. The van der Waals surface area contributed by atoms with E-state index in [-0.39, 0.29) is 37.1 Å². The largest absolute Gasteiger partial charge is 0.493 e. The number of carbonyl (C=O) groups is 2. The fourth-order valence-corrected chi connectivity index (χ4v) is 9.90. The molecular weight excluding hydrogens is 655 g/mol. The van der Waals surface area contributed by atoms with Crippen LogP contribution < -0.4 is 18.9 Å². The Morgan fingerprint density at radius 2 is 1.50 bits per heavy atom. The Balaban J connectivity index is 1.14. The van der Waals surface area contributed by atoms with E-state index in [0.29, 0.717) is 77.9 Å². The summed E-state index contributed by atoms with van der Waals surface area (Å²) < 4.78 is 38.3. The molecule has 2 aromatic carbocycles. The Hall–Kier alpha value is -4.08. The highest BCUT2D eigenvalue weighted by atomic mass is 31.2. The number of nitrogens with zero attached hydrogens (tertiary/aromatic N) is 4. The number of hydrogen-bond donors (Lipinski definition) is 0. The maximum atomic E-state index is 14.5. The Kier molecular flexibility index (Phi) is 10.7. The number of aryl methyl sites for hydroxylation is 1. The molecule has 0 saturated carbocycles. The van der Waals surface area contributed by atoms with Gasteiger partial charge < -0.3 is 33.3 Å². The number of ether oxygens (including phenoxy) is 4. The van der Waals surface area contributed by atoms with Crippen molar-refractivity contribution in [1.82, 2.24) is 14.7 Å². The summed E-state index contributed by atoms with van der Waals surface area (Å²) in [6.07, 6.45) is 7.00. The first-order chi connectivity index (χ1) is 24.0. The van der Waals surface area contributed by atoms with Gasteiger partial charge in [0.2, 0.25) is 0 Å². The first-order valence-corrected chi connectivity index (χ1v) is 19.7. The molecule has 0 N–H and O–H groups in total. The van der Waals surface area contributed by atoms with Gasteiger partial charge in [-0.15, -0.1) is 0 Å². The molecule has 4 aliphatic heterocycles. The summed E-state index contributed by atoms with van der Waals surface area (Å²) in [5, 5.41) is 0. The highest BCUT2D eigenvalue weighted by molar-refractivity contribution is 7.63. The smallest absolute Gasteiger partial charge is 0.257 e. The third-order valence-electron chi connectivity index (χ3n) is 10.1. The summed E-state index contributed by atoms with van der Waals surface area (Å²) in [5.41, 5.74) is 4.66. The minimum atomic E-state index is -2.82. The molecule has 11 nitrogen and oxygen atoms in total. The maximum absolute atomic E-state index is 14.5. The van der Waals surface area contributed by atoms with E-state index in [4.69, 9.17) is 18.9 Å². The van der Waals surface area contributed by atoms with Crippen LogP contribution in [0.1, 0.15) is 58.9 Å². The summed E-state index contributed by atoms with van der Waals surface area (Å²) in [4.78, 5) is 37.2. The van der Waals surface area contributed by atoms with Crippen LogP contribution in [-0.4, -0.2) is 118 Å². The van der Waals surface area contributed by atoms with Gasteiger partial charge in [-0.3, -0.25) is 19.5 Å². The SMILES string of the molecule is C=C1C[C@H]2CCc3cc(OCCP(=O)(CCOc4cc5c(cc4OC)C(=O)N4CC(=C)C[C@H]4C=N5)CN(C)CCC)c(OC)cc3C(=O)N2C1. The van der Waals surface area contributed by atoms with Crippen LogP contribution in [0.5, 0.6) is 23.0 Å². The maximum Gasteiger partial charge on any atom is 0.257 e. The van der Waals surface area contributed by atoms with E-state index in [1.54, 1.807) is 36.4 Å². The number of methoxy groups -OCH3 is 2. The molecule has 2 amide bonds. The standard InChI is InChI=1S/C38H49N4O7P/c1-7-10-40(4)24-50(45,13-11-48-35-17-27-8-9-28-15-25(2)22-41(28)37(43)30(27)18-33(35)46-5)14-12-49-36-20-32-31(19-34(36)47-6)38(44)42-23-26(3)16-29(42)21-39-32/h17-21,28-29H,2-3,7-16,22-24H2,1,4-6H3/t28-,29+,50?/m1/s1. The zero-order valence-electron chi connectivity index (χ0n) is 29.7. The van der Waals surface area contributed by atoms with Gasteiger partial charge in [-0.1, -0.05) is 31.2 Å². The Labute approximate surface area is 295 Å². The number of fused-ring (bicyclic) bond motifs is 4. The lowest BCUT2D eigenvalue weighted by molar-refractivity contribution is 0.0740. The minimum absolute atomic E-state index is 0.00518. The molecule has 0 radical (unpaired) electrons. The number of carbonyl (C=O) groups excluding carboxylic acids is 2. The second-order valence-electron chi connectivity index (χ2n) is 13.9. The number of amides is 2. The molecule has 0 aromatic heterocycles. The van der Waals surface area contributed by atoms with Crippen molar-refractivity contribution < 1.29 is 33.1 Å². The second kappa shape index (κ2) is 15.0. The number of hydrogen-bond acceptors (Lipinski definition) is 9. The van der Waals surface area contributed by atoms with Crippen molar-refractivity contribution in [3.63, 3.8) is 0 Å². The lowest BCUT2D eigenvalue weighted by Crippen LogP contribution is -2.35. The molecule has 268 valence electrons. The van der Waals surface area contributed by atoms with Crippen molar-refractivity contribution in [2.75, 3.05) is 72.7 Å². The van der Waals surface area contributed by atoms with E-state index >= 15 is 0 Å². The van der Waals surface area contributed by atoms with Gasteiger partial charge in [0, 0.05) is 49.3 Å². The molecule has 12 heteroatoms. The first kappa shape index (κ1) is 35.7. The molecule has 4 aliphatic rings. The Morgan fingerprint density at radius 1 is 0.880 bits per heavy atom. The third kappa shape index (κ3) is 7.49. The van der Waals surface area contributed by atoms with Crippen LogP contribution in [0.3, 0.4) is 0 Å². The van der Waals surface area contributed by atoms with Crippen LogP contribution in [0, 0.1) is 0 Å². The van der Waals surface area contributed by atoms with Gasteiger partial charge in [0.25, 0.3) is 11.8 Å². The van der Waals surface area contributed by atoms with Crippen LogP contribution >= 0.6 is 7.14 Å². The fraction of sp³-hybridized carbons (Fsp3) is 0.500. The summed E-state index contributed by atoms with van der Waals surface area (Å²) >= 11 is 0. The average Bonchev–Trinajstić information content (AvgIpc) is 3.59. The normalized spacial score (nSPS) is 20.9. The quantitative estimate of drug-likeness (QED) is 0.173. The highest BCUT2D eigenvalue weighted by Crippen LogP contribution is 2.47. The molecule has 0 aliphatic carbocycles. The summed E-state index contributed by atoms with van der Waals surface area (Å²) in [7, 11) is 2.27. The molecule has 2 saturated heterocycles. The van der Waals surface area contributed by atoms with Crippen LogP contribution in [-0.2, 0) is 11.0 Å². The molecule has 3 atom stereocenters. The van der Waals surface area contributed by atoms with Crippen molar-refractivity contribution >= 4 is 30.9 Å². The summed E-state index contributed by atoms with van der Waals surface area (Å²) in [6.45, 7) is 12.6. The summed E-state index contributed by atoms with van der Waals surface area (Å²) in [6, 6.07) is 7.16. The molecular formula is C38H49N4O7P. The van der Waals surface area contributed by atoms with Crippen molar-refractivity contribution in [3.8, 4) is 23.0 Å². The van der Waals surface area contributed by atoms with Crippen LogP contribution in [0.25, 0.3) is 0 Å². The molecule has 0 spiro atoms. The van der Waals surface area contributed by atoms with E-state index < -0.39 is 7.14 Å². The topological polar surface area (TPSA) is 110 Å². The third-order valence-corrected chi connectivity index (χ3v) is 13.0. The Morgan fingerprint density at radius 3 is 2.18 bits per heavy atom. The molecule has 0 bridgehead atoms. The molecule has 2 fully saturated rings. The predicted octanol–water partition coefficient (Wildman–Crippen LogP) is 6.03. The van der Waals surface area contributed by atoms with E-state index in [1.807, 2.05) is 18.0 Å². The predicted molar refractivity (Wildman–Crippen MR) is 196 cm³/mol. The first-order valence-electron chi connectivity index (χ1n) is 17.5. The fourth-order valence-electron chi connectivity index (χ4n) is 7.53.